The number of anilines is 2. The summed E-state index contributed by atoms with van der Waals surface area (Å²) in [5, 5.41) is 3.11. The standard InChI is InChI=1S/C23H26N2O4S/c1-16(26)25-21-8-3-2-6-18(21)14-22(25)23(27)24-19-7-4-5-17(13-19)15-30(28)20-9-11-29-12-10-20/h2-8,13,20,22H,9-12,14-15H2,1H3,(H,24,27)/t22-,30?/m0/s1. The Morgan fingerprint density at radius 2 is 1.90 bits per heavy atom. The molecule has 158 valence electrons. The molecule has 1 N–H and O–H groups in total. The molecule has 2 aromatic carbocycles. The first-order valence-electron chi connectivity index (χ1n) is 10.3. The molecule has 2 heterocycles. The molecule has 2 aliphatic heterocycles. The second-order valence-corrected chi connectivity index (χ2v) is 9.48. The van der Waals surface area contributed by atoms with Gasteiger partial charge in [-0.05, 0) is 42.2 Å². The average Bonchev–Trinajstić information content (AvgIpc) is 3.15. The van der Waals surface area contributed by atoms with E-state index in [-0.39, 0.29) is 17.1 Å². The number of ether oxygens (including phenoxy) is 1. The lowest BCUT2D eigenvalue weighted by molar-refractivity contribution is -0.122. The van der Waals surface area contributed by atoms with Gasteiger partial charge in [0.25, 0.3) is 0 Å². The van der Waals surface area contributed by atoms with Gasteiger partial charge in [-0.25, -0.2) is 0 Å². The quantitative estimate of drug-likeness (QED) is 0.797. The smallest absolute Gasteiger partial charge is 0.247 e. The van der Waals surface area contributed by atoms with E-state index in [1.165, 1.54) is 6.92 Å². The highest BCUT2D eigenvalue weighted by Crippen LogP contribution is 2.32. The van der Waals surface area contributed by atoms with E-state index in [1.54, 1.807) is 4.90 Å². The summed E-state index contributed by atoms with van der Waals surface area (Å²) >= 11 is 0. The molecule has 6 nitrogen and oxygen atoms in total. The van der Waals surface area contributed by atoms with Crippen LogP contribution in [-0.4, -0.2) is 40.5 Å². The molecule has 0 saturated carbocycles. The number of nitrogens with zero attached hydrogens (tertiary/aromatic N) is 1. The first kappa shape index (κ1) is 20.8. The summed E-state index contributed by atoms with van der Waals surface area (Å²) in [4.78, 5) is 26.8. The molecular formula is C23H26N2O4S. The first-order valence-corrected chi connectivity index (χ1v) is 11.6. The summed E-state index contributed by atoms with van der Waals surface area (Å²) in [5.41, 5.74) is 3.37. The van der Waals surface area contributed by atoms with Gasteiger partial charge in [0.2, 0.25) is 11.8 Å². The summed E-state index contributed by atoms with van der Waals surface area (Å²) in [6.45, 7) is 2.82. The molecule has 0 radical (unpaired) electrons. The number of carbonyl (C=O) groups excluding carboxylic acids is 2. The van der Waals surface area contributed by atoms with Gasteiger partial charge in [0.1, 0.15) is 6.04 Å². The highest BCUT2D eigenvalue weighted by molar-refractivity contribution is 7.84. The van der Waals surface area contributed by atoms with Crippen molar-refractivity contribution in [2.75, 3.05) is 23.4 Å². The van der Waals surface area contributed by atoms with Gasteiger partial charge in [-0.2, -0.15) is 0 Å². The van der Waals surface area contributed by atoms with Crippen LogP contribution in [0.1, 0.15) is 30.9 Å². The Morgan fingerprint density at radius 3 is 2.67 bits per heavy atom. The van der Waals surface area contributed by atoms with Gasteiger partial charge < -0.3 is 10.1 Å². The van der Waals surface area contributed by atoms with E-state index in [4.69, 9.17) is 4.74 Å². The molecule has 1 fully saturated rings. The molecule has 2 atom stereocenters. The van der Waals surface area contributed by atoms with E-state index < -0.39 is 16.8 Å². The number of para-hydroxylation sites is 1. The van der Waals surface area contributed by atoms with E-state index in [1.807, 2.05) is 48.5 Å². The van der Waals surface area contributed by atoms with Gasteiger partial charge in [0.15, 0.2) is 0 Å². The van der Waals surface area contributed by atoms with Crippen LogP contribution in [0.25, 0.3) is 0 Å². The fraction of sp³-hybridized carbons (Fsp3) is 0.391. The SMILES string of the molecule is CC(=O)N1c2ccccc2C[C@H]1C(=O)Nc1cccc(CS(=O)C2CCOCC2)c1. The number of fused-ring (bicyclic) bond motifs is 1. The van der Waals surface area contributed by atoms with Crippen LogP contribution in [0, 0.1) is 0 Å². The predicted octanol–water partition coefficient (Wildman–Crippen LogP) is 3.03. The fourth-order valence-corrected chi connectivity index (χ4v) is 5.63. The second kappa shape index (κ2) is 9.10. The van der Waals surface area contributed by atoms with Crippen molar-refractivity contribution in [3.8, 4) is 0 Å². The molecule has 0 aromatic heterocycles. The van der Waals surface area contributed by atoms with Gasteiger partial charge in [0.05, 0.1) is 0 Å². The monoisotopic (exact) mass is 426 g/mol. The van der Waals surface area contributed by atoms with Crippen LogP contribution in [0.15, 0.2) is 48.5 Å². The van der Waals surface area contributed by atoms with Gasteiger partial charge in [-0.1, -0.05) is 30.3 Å². The molecular weight excluding hydrogens is 400 g/mol. The lowest BCUT2D eigenvalue weighted by Crippen LogP contribution is -2.44. The molecule has 2 amide bonds. The summed E-state index contributed by atoms with van der Waals surface area (Å²) in [5.74, 6) is 0.0906. The number of hydrogen-bond acceptors (Lipinski definition) is 4. The Bertz CT molecular complexity index is 971. The molecule has 0 aliphatic carbocycles. The van der Waals surface area contributed by atoms with Crippen LogP contribution in [0.4, 0.5) is 11.4 Å². The summed E-state index contributed by atoms with van der Waals surface area (Å²) in [7, 11) is -0.965. The van der Waals surface area contributed by atoms with Gasteiger partial charge in [-0.15, -0.1) is 0 Å². The summed E-state index contributed by atoms with van der Waals surface area (Å²) < 4.78 is 18.0. The molecule has 30 heavy (non-hydrogen) atoms. The molecule has 2 aliphatic rings. The number of benzene rings is 2. The second-order valence-electron chi connectivity index (χ2n) is 7.76. The topological polar surface area (TPSA) is 75.7 Å². The van der Waals surface area contributed by atoms with Crippen LogP contribution in [-0.2, 0) is 37.3 Å². The highest BCUT2D eigenvalue weighted by atomic mass is 32.2. The lowest BCUT2D eigenvalue weighted by Gasteiger charge is -2.23. The van der Waals surface area contributed by atoms with Crippen molar-refractivity contribution in [3.05, 3.63) is 59.7 Å². The van der Waals surface area contributed by atoms with Gasteiger partial charge in [-0.3, -0.25) is 18.7 Å². The molecule has 1 saturated heterocycles. The van der Waals surface area contributed by atoms with Crippen molar-refractivity contribution in [2.45, 2.75) is 43.2 Å². The minimum Gasteiger partial charge on any atom is -0.381 e. The zero-order valence-electron chi connectivity index (χ0n) is 17.0. The maximum atomic E-state index is 13.0. The van der Waals surface area contributed by atoms with E-state index in [0.29, 0.717) is 31.1 Å². The molecule has 4 rings (SSSR count). The highest BCUT2D eigenvalue weighted by Gasteiger charge is 2.36. The Kier molecular flexibility index (Phi) is 6.29. The van der Waals surface area contributed by atoms with Gasteiger partial charge in [0, 0.05) is 59.7 Å². The van der Waals surface area contributed by atoms with E-state index in [0.717, 1.165) is 29.7 Å². The zero-order valence-corrected chi connectivity index (χ0v) is 17.8. The maximum absolute atomic E-state index is 13.0. The van der Waals surface area contributed by atoms with E-state index >= 15 is 0 Å². The third-order valence-corrected chi connectivity index (χ3v) is 7.49. The maximum Gasteiger partial charge on any atom is 0.247 e. The Labute approximate surface area is 179 Å². The number of amides is 2. The van der Waals surface area contributed by atoms with Crippen molar-refractivity contribution in [3.63, 3.8) is 0 Å². The number of carbonyl (C=O) groups is 2. The predicted molar refractivity (Wildman–Crippen MR) is 118 cm³/mol. The van der Waals surface area contributed by atoms with E-state index in [2.05, 4.69) is 5.32 Å². The molecule has 1 unspecified atom stereocenters. The van der Waals surface area contributed by atoms with Crippen LogP contribution < -0.4 is 10.2 Å². The van der Waals surface area contributed by atoms with Crippen LogP contribution >= 0.6 is 0 Å². The Balaban J connectivity index is 1.44. The van der Waals surface area contributed by atoms with Crippen LogP contribution in [0.5, 0.6) is 0 Å². The Morgan fingerprint density at radius 1 is 1.13 bits per heavy atom. The van der Waals surface area contributed by atoms with E-state index in [9.17, 15) is 13.8 Å². The van der Waals surface area contributed by atoms with Crippen molar-refractivity contribution in [1.82, 2.24) is 0 Å². The normalized spacial score (nSPS) is 19.9. The van der Waals surface area contributed by atoms with Crippen molar-refractivity contribution < 1.29 is 18.5 Å². The third-order valence-electron chi connectivity index (χ3n) is 5.66. The number of hydrogen-bond donors (Lipinski definition) is 1. The molecule has 0 spiro atoms. The largest absolute Gasteiger partial charge is 0.381 e. The number of nitrogens with one attached hydrogen (secondary N) is 1. The average molecular weight is 427 g/mol. The summed E-state index contributed by atoms with van der Waals surface area (Å²) in [6, 6.07) is 14.5. The van der Waals surface area contributed by atoms with Crippen molar-refractivity contribution in [2.24, 2.45) is 0 Å². The molecule has 2 aromatic rings. The minimum atomic E-state index is -0.965. The lowest BCUT2D eigenvalue weighted by atomic mass is 10.1. The third kappa shape index (κ3) is 4.47. The minimum absolute atomic E-state index is 0.152. The van der Waals surface area contributed by atoms with Crippen molar-refractivity contribution in [1.29, 1.82) is 0 Å². The van der Waals surface area contributed by atoms with Crippen LogP contribution in [0.2, 0.25) is 0 Å². The summed E-state index contributed by atoms with van der Waals surface area (Å²) in [6.07, 6.45) is 2.15. The molecule has 0 bridgehead atoms. The Hall–Kier alpha value is -2.51. The molecule has 7 heteroatoms. The van der Waals surface area contributed by atoms with Crippen LogP contribution in [0.3, 0.4) is 0 Å². The zero-order chi connectivity index (χ0) is 21.1. The van der Waals surface area contributed by atoms with Crippen molar-refractivity contribution >= 4 is 34.0 Å². The first-order chi connectivity index (χ1) is 14.5. The fourth-order valence-electron chi connectivity index (χ4n) is 4.17. The van der Waals surface area contributed by atoms with Gasteiger partial charge >= 0.3 is 0 Å². The number of rotatable bonds is 5.